The standard InChI is InChI=1S/C19H32O4.K/c1-3-4-5-6-7-8-9-10-11-12-13-14-16-17(18(20)21)15(2)19(22)23-16;/h16H,3-14H2,1-2H3,(H,20,21);/q;+1/p-1/t16-;/m0./s1. The summed E-state index contributed by atoms with van der Waals surface area (Å²) in [5.74, 6) is -1.79. The van der Waals surface area contributed by atoms with Crippen molar-refractivity contribution >= 4 is 11.9 Å². The minimum absolute atomic E-state index is 0. The number of hydrogen-bond donors (Lipinski definition) is 0. The molecule has 1 rings (SSSR count). The number of carboxylic acid groups (broad SMARTS) is 1. The van der Waals surface area contributed by atoms with Gasteiger partial charge in [0.05, 0.1) is 5.97 Å². The molecular weight excluding hydrogens is 331 g/mol. The molecule has 0 spiro atoms. The zero-order valence-electron chi connectivity index (χ0n) is 15.7. The van der Waals surface area contributed by atoms with Crippen LogP contribution in [0.5, 0.6) is 0 Å². The Hall–Kier alpha value is 0.316. The molecule has 0 fully saturated rings. The van der Waals surface area contributed by atoms with Crippen LogP contribution >= 0.6 is 0 Å². The maximum atomic E-state index is 11.4. The summed E-state index contributed by atoms with van der Waals surface area (Å²) in [5.41, 5.74) is 0.236. The second-order valence-electron chi connectivity index (χ2n) is 6.54. The van der Waals surface area contributed by atoms with Gasteiger partial charge in [0, 0.05) is 11.1 Å². The molecule has 24 heavy (non-hydrogen) atoms. The number of cyclic esters (lactones) is 1. The van der Waals surface area contributed by atoms with Gasteiger partial charge in [-0.05, 0) is 19.8 Å². The van der Waals surface area contributed by atoms with E-state index >= 15 is 0 Å². The Morgan fingerprint density at radius 1 is 0.958 bits per heavy atom. The van der Waals surface area contributed by atoms with Gasteiger partial charge >= 0.3 is 57.4 Å². The van der Waals surface area contributed by atoms with Crippen molar-refractivity contribution in [3.8, 4) is 0 Å². The normalized spacial score (nSPS) is 16.9. The van der Waals surface area contributed by atoms with Gasteiger partial charge in [-0.3, -0.25) is 0 Å². The fourth-order valence-corrected chi connectivity index (χ4v) is 3.11. The summed E-state index contributed by atoms with van der Waals surface area (Å²) >= 11 is 0. The van der Waals surface area contributed by atoms with E-state index < -0.39 is 18.0 Å². The number of carbonyl (C=O) groups excluding carboxylic acids is 2. The number of carboxylic acids is 1. The fraction of sp³-hybridized carbons (Fsp3) is 0.789. The Morgan fingerprint density at radius 3 is 1.88 bits per heavy atom. The second-order valence-corrected chi connectivity index (χ2v) is 6.54. The predicted molar refractivity (Wildman–Crippen MR) is 88.7 cm³/mol. The number of hydrogen-bond acceptors (Lipinski definition) is 4. The van der Waals surface area contributed by atoms with E-state index in [2.05, 4.69) is 6.92 Å². The molecule has 5 heteroatoms. The summed E-state index contributed by atoms with van der Waals surface area (Å²) in [6.45, 7) is 3.73. The molecule has 0 saturated carbocycles. The van der Waals surface area contributed by atoms with Crippen molar-refractivity contribution in [1.29, 1.82) is 0 Å². The van der Waals surface area contributed by atoms with E-state index in [1.54, 1.807) is 0 Å². The van der Waals surface area contributed by atoms with Crippen LogP contribution in [0.25, 0.3) is 0 Å². The molecule has 0 unspecified atom stereocenters. The van der Waals surface area contributed by atoms with E-state index in [0.29, 0.717) is 6.42 Å². The van der Waals surface area contributed by atoms with E-state index in [1.807, 2.05) is 0 Å². The number of rotatable bonds is 13. The van der Waals surface area contributed by atoms with Gasteiger partial charge in [0.2, 0.25) is 0 Å². The van der Waals surface area contributed by atoms with Crippen molar-refractivity contribution in [3.63, 3.8) is 0 Å². The third kappa shape index (κ3) is 9.14. The molecular formula is C19H31KO4. The summed E-state index contributed by atoms with van der Waals surface area (Å²) < 4.78 is 5.11. The van der Waals surface area contributed by atoms with Crippen molar-refractivity contribution in [2.75, 3.05) is 0 Å². The third-order valence-corrected chi connectivity index (χ3v) is 4.57. The molecule has 0 amide bonds. The molecule has 0 bridgehead atoms. The van der Waals surface area contributed by atoms with Gasteiger partial charge in [-0.15, -0.1) is 0 Å². The molecule has 132 valence electrons. The number of aliphatic carboxylic acids is 1. The molecule has 0 aromatic carbocycles. The molecule has 0 radical (unpaired) electrons. The quantitative estimate of drug-likeness (QED) is 0.275. The van der Waals surface area contributed by atoms with Gasteiger partial charge in [-0.1, -0.05) is 71.1 Å². The fourth-order valence-electron chi connectivity index (χ4n) is 3.11. The number of ether oxygens (including phenoxy) is 1. The van der Waals surface area contributed by atoms with E-state index in [0.717, 1.165) is 12.8 Å². The summed E-state index contributed by atoms with van der Waals surface area (Å²) in [4.78, 5) is 22.5. The SMILES string of the molecule is CCCCCCCCCCCCC[C@@H]1OC(=O)C(C)=C1C(=O)[O-].[K+]. The Balaban J connectivity index is 0.00000529. The van der Waals surface area contributed by atoms with Crippen LogP contribution < -0.4 is 56.5 Å². The monoisotopic (exact) mass is 362 g/mol. The van der Waals surface area contributed by atoms with Crippen LogP contribution in [-0.2, 0) is 14.3 Å². The number of carbonyl (C=O) groups is 2. The average molecular weight is 363 g/mol. The summed E-state index contributed by atoms with van der Waals surface area (Å²) in [6.07, 6.45) is 13.7. The Labute approximate surface area is 189 Å². The van der Waals surface area contributed by atoms with Crippen LogP contribution in [0.1, 0.15) is 90.9 Å². The second kappa shape index (κ2) is 14.5. The smallest absolute Gasteiger partial charge is 0.545 e. The van der Waals surface area contributed by atoms with E-state index in [1.165, 1.54) is 64.7 Å². The van der Waals surface area contributed by atoms with E-state index in [4.69, 9.17) is 4.74 Å². The predicted octanol–water partition coefficient (Wildman–Crippen LogP) is 0.683. The average Bonchev–Trinajstić information content (AvgIpc) is 2.79. The van der Waals surface area contributed by atoms with E-state index in [-0.39, 0.29) is 62.5 Å². The Bertz CT molecular complexity index is 418. The van der Waals surface area contributed by atoms with Gasteiger partial charge in [0.15, 0.2) is 0 Å². The van der Waals surface area contributed by atoms with Gasteiger partial charge in [0.1, 0.15) is 6.10 Å². The summed E-state index contributed by atoms with van der Waals surface area (Å²) in [6, 6.07) is 0. The molecule has 4 nitrogen and oxygen atoms in total. The minimum atomic E-state index is -1.28. The molecule has 0 N–H and O–H groups in total. The Kier molecular flexibility index (Phi) is 14.7. The van der Waals surface area contributed by atoms with Crippen molar-refractivity contribution in [2.24, 2.45) is 0 Å². The van der Waals surface area contributed by atoms with Crippen LogP contribution in [0.3, 0.4) is 0 Å². The number of esters is 1. The van der Waals surface area contributed by atoms with Crippen molar-refractivity contribution < 1.29 is 70.8 Å². The van der Waals surface area contributed by atoms with Gasteiger partial charge in [-0.25, -0.2) is 4.79 Å². The number of unbranched alkanes of at least 4 members (excludes halogenated alkanes) is 10. The topological polar surface area (TPSA) is 66.4 Å². The van der Waals surface area contributed by atoms with E-state index in [9.17, 15) is 14.7 Å². The molecule has 0 saturated heterocycles. The van der Waals surface area contributed by atoms with Crippen LogP contribution in [0.15, 0.2) is 11.1 Å². The first-order chi connectivity index (χ1) is 11.1. The minimum Gasteiger partial charge on any atom is -0.545 e. The van der Waals surface area contributed by atoms with Crippen LogP contribution in [0.4, 0.5) is 0 Å². The maximum Gasteiger partial charge on any atom is 1.00 e. The molecule has 0 aromatic rings. The maximum absolute atomic E-state index is 11.4. The largest absolute Gasteiger partial charge is 1.00 e. The first kappa shape index (κ1) is 24.3. The van der Waals surface area contributed by atoms with Crippen LogP contribution in [0, 0.1) is 0 Å². The molecule has 0 aliphatic carbocycles. The zero-order chi connectivity index (χ0) is 17.1. The molecule has 1 heterocycles. The third-order valence-electron chi connectivity index (χ3n) is 4.57. The zero-order valence-corrected chi connectivity index (χ0v) is 18.8. The summed E-state index contributed by atoms with van der Waals surface area (Å²) in [7, 11) is 0. The van der Waals surface area contributed by atoms with Gasteiger partial charge in [0.25, 0.3) is 0 Å². The summed E-state index contributed by atoms with van der Waals surface area (Å²) in [5, 5.41) is 11.1. The molecule has 1 aliphatic heterocycles. The Morgan fingerprint density at radius 2 is 1.42 bits per heavy atom. The van der Waals surface area contributed by atoms with Crippen LogP contribution in [-0.4, -0.2) is 18.0 Å². The van der Waals surface area contributed by atoms with Crippen molar-refractivity contribution in [2.45, 2.75) is 97.0 Å². The first-order valence-electron chi connectivity index (χ1n) is 9.21. The first-order valence-corrected chi connectivity index (χ1v) is 9.21. The van der Waals surface area contributed by atoms with Crippen molar-refractivity contribution in [3.05, 3.63) is 11.1 Å². The van der Waals surface area contributed by atoms with Gasteiger partial charge < -0.3 is 14.6 Å². The van der Waals surface area contributed by atoms with Gasteiger partial charge in [-0.2, -0.15) is 0 Å². The molecule has 1 aliphatic rings. The van der Waals surface area contributed by atoms with Crippen LogP contribution in [0.2, 0.25) is 0 Å². The molecule has 1 atom stereocenters. The molecule has 0 aromatic heterocycles. The van der Waals surface area contributed by atoms with Crippen molar-refractivity contribution in [1.82, 2.24) is 0 Å².